The van der Waals surface area contributed by atoms with Gasteiger partial charge in [-0.15, -0.1) is 0 Å². The molecule has 18 heavy (non-hydrogen) atoms. The summed E-state index contributed by atoms with van der Waals surface area (Å²) in [7, 11) is 0. The van der Waals surface area contributed by atoms with Gasteiger partial charge in [-0.1, -0.05) is 49.1 Å². The van der Waals surface area contributed by atoms with Crippen LogP contribution in [-0.2, 0) is 0 Å². The van der Waals surface area contributed by atoms with Crippen LogP contribution in [0.5, 0.6) is 5.75 Å². The van der Waals surface area contributed by atoms with Gasteiger partial charge in [-0.2, -0.15) is 0 Å². The fourth-order valence-corrected chi connectivity index (χ4v) is 2.96. The highest BCUT2D eigenvalue weighted by Crippen LogP contribution is 2.29. The molecule has 0 radical (unpaired) electrons. The number of hydrogen-bond acceptors (Lipinski definition) is 2. The third-order valence-corrected chi connectivity index (χ3v) is 3.94. The summed E-state index contributed by atoms with van der Waals surface area (Å²) in [5.74, 6) is 1.36. The van der Waals surface area contributed by atoms with E-state index < -0.39 is 0 Å². The van der Waals surface area contributed by atoms with Crippen molar-refractivity contribution in [2.24, 2.45) is 11.7 Å². The van der Waals surface area contributed by atoms with Gasteiger partial charge in [0.25, 0.3) is 0 Å². The molecule has 0 spiro atoms. The molecule has 1 aromatic carbocycles. The molecule has 1 aromatic rings. The van der Waals surface area contributed by atoms with E-state index in [1.807, 2.05) is 12.1 Å². The molecular weight excluding hydrogens is 266 g/mol. The zero-order valence-electron chi connectivity index (χ0n) is 10.3. The fourth-order valence-electron chi connectivity index (χ4n) is 2.43. The summed E-state index contributed by atoms with van der Waals surface area (Å²) in [4.78, 5) is 0.291. The van der Waals surface area contributed by atoms with Crippen LogP contribution < -0.4 is 10.5 Å². The third kappa shape index (κ3) is 3.36. The summed E-state index contributed by atoms with van der Waals surface area (Å²) in [6.07, 6.45) is 6.48. The number of nitrogens with two attached hydrogens (primary N) is 1. The van der Waals surface area contributed by atoms with Crippen molar-refractivity contribution in [3.05, 3.63) is 28.8 Å². The minimum absolute atomic E-state index is 0.291. The van der Waals surface area contributed by atoms with E-state index in [0.29, 0.717) is 27.2 Å². The molecule has 2 rings (SSSR count). The Morgan fingerprint density at radius 1 is 1.33 bits per heavy atom. The quantitative estimate of drug-likeness (QED) is 0.850. The summed E-state index contributed by atoms with van der Waals surface area (Å²) in [6, 6.07) is 5.52. The van der Waals surface area contributed by atoms with E-state index in [9.17, 15) is 0 Å². The predicted octanol–water partition coefficient (Wildman–Crippen LogP) is 3.93. The standard InChI is InChI=1S/C14H18ClNOS/c15-11-7-4-8-12(13(11)14(16)18)17-9-10-5-2-1-3-6-10/h4,7-8,10H,1-3,5-6,9H2,(H2,16,18). The van der Waals surface area contributed by atoms with E-state index in [1.165, 1.54) is 32.1 Å². The Hall–Kier alpha value is -0.800. The molecule has 1 fully saturated rings. The first-order valence-electron chi connectivity index (χ1n) is 6.39. The van der Waals surface area contributed by atoms with Gasteiger partial charge in [-0.05, 0) is 30.9 Å². The van der Waals surface area contributed by atoms with Gasteiger partial charge in [0.1, 0.15) is 10.7 Å². The third-order valence-electron chi connectivity index (χ3n) is 3.42. The molecule has 98 valence electrons. The number of ether oxygens (including phenoxy) is 1. The van der Waals surface area contributed by atoms with Gasteiger partial charge in [-0.3, -0.25) is 0 Å². The van der Waals surface area contributed by atoms with Crippen LogP contribution in [0.2, 0.25) is 5.02 Å². The van der Waals surface area contributed by atoms with Crippen molar-refractivity contribution in [1.29, 1.82) is 0 Å². The van der Waals surface area contributed by atoms with Crippen molar-refractivity contribution in [1.82, 2.24) is 0 Å². The van der Waals surface area contributed by atoms with Crippen LogP contribution in [0.15, 0.2) is 18.2 Å². The fraction of sp³-hybridized carbons (Fsp3) is 0.500. The average molecular weight is 284 g/mol. The Morgan fingerprint density at radius 3 is 2.72 bits per heavy atom. The Labute approximate surface area is 118 Å². The maximum absolute atomic E-state index is 6.10. The maximum Gasteiger partial charge on any atom is 0.130 e. The number of halogens is 1. The van der Waals surface area contributed by atoms with Crippen LogP contribution in [0.4, 0.5) is 0 Å². The van der Waals surface area contributed by atoms with Crippen molar-refractivity contribution >= 4 is 28.8 Å². The van der Waals surface area contributed by atoms with Gasteiger partial charge in [0, 0.05) is 0 Å². The van der Waals surface area contributed by atoms with Crippen molar-refractivity contribution in [3.8, 4) is 5.75 Å². The smallest absolute Gasteiger partial charge is 0.130 e. The number of benzene rings is 1. The lowest BCUT2D eigenvalue weighted by Crippen LogP contribution is -2.18. The van der Waals surface area contributed by atoms with E-state index in [0.717, 1.165) is 6.61 Å². The average Bonchev–Trinajstić information content (AvgIpc) is 2.37. The molecule has 1 aliphatic rings. The molecule has 0 atom stereocenters. The van der Waals surface area contributed by atoms with Crippen LogP contribution in [0.3, 0.4) is 0 Å². The van der Waals surface area contributed by atoms with Crippen LogP contribution in [0.25, 0.3) is 0 Å². The molecule has 2 nitrogen and oxygen atoms in total. The summed E-state index contributed by atoms with van der Waals surface area (Å²) >= 11 is 11.1. The van der Waals surface area contributed by atoms with E-state index >= 15 is 0 Å². The Balaban J connectivity index is 2.04. The van der Waals surface area contributed by atoms with E-state index in [-0.39, 0.29) is 0 Å². The highest BCUT2D eigenvalue weighted by atomic mass is 35.5. The number of thiocarbonyl (C=S) groups is 1. The predicted molar refractivity (Wildman–Crippen MR) is 79.4 cm³/mol. The lowest BCUT2D eigenvalue weighted by atomic mass is 9.90. The molecule has 0 amide bonds. The molecule has 0 unspecified atom stereocenters. The highest BCUT2D eigenvalue weighted by Gasteiger charge is 2.16. The van der Waals surface area contributed by atoms with Crippen molar-refractivity contribution in [2.75, 3.05) is 6.61 Å². The lowest BCUT2D eigenvalue weighted by molar-refractivity contribution is 0.208. The van der Waals surface area contributed by atoms with Gasteiger partial charge in [0.2, 0.25) is 0 Å². The number of rotatable bonds is 4. The minimum Gasteiger partial charge on any atom is -0.493 e. The first kappa shape index (κ1) is 13.6. The molecule has 0 aromatic heterocycles. The molecule has 1 aliphatic carbocycles. The Kier molecular flexibility index (Phi) is 4.84. The van der Waals surface area contributed by atoms with E-state index in [4.69, 9.17) is 34.3 Å². The van der Waals surface area contributed by atoms with Gasteiger partial charge in [0.05, 0.1) is 17.2 Å². The zero-order valence-corrected chi connectivity index (χ0v) is 11.9. The summed E-state index contributed by atoms with van der Waals surface area (Å²) in [6.45, 7) is 0.732. The molecule has 4 heteroatoms. The maximum atomic E-state index is 6.10. The molecule has 1 saturated carbocycles. The van der Waals surface area contributed by atoms with Gasteiger partial charge >= 0.3 is 0 Å². The largest absolute Gasteiger partial charge is 0.493 e. The van der Waals surface area contributed by atoms with Crippen molar-refractivity contribution in [2.45, 2.75) is 32.1 Å². The van der Waals surface area contributed by atoms with Gasteiger partial charge < -0.3 is 10.5 Å². The highest BCUT2D eigenvalue weighted by molar-refractivity contribution is 7.80. The minimum atomic E-state index is 0.291. The Bertz CT molecular complexity index is 430. The van der Waals surface area contributed by atoms with Gasteiger partial charge in [0.15, 0.2) is 0 Å². The van der Waals surface area contributed by atoms with E-state index in [2.05, 4.69) is 0 Å². The van der Waals surface area contributed by atoms with Gasteiger partial charge in [-0.25, -0.2) is 0 Å². The topological polar surface area (TPSA) is 35.2 Å². The second kappa shape index (κ2) is 6.39. The Morgan fingerprint density at radius 2 is 2.06 bits per heavy atom. The second-order valence-electron chi connectivity index (χ2n) is 4.79. The molecule has 2 N–H and O–H groups in total. The normalized spacial score (nSPS) is 16.5. The molecule has 0 bridgehead atoms. The summed E-state index contributed by atoms with van der Waals surface area (Å²) in [5, 5.41) is 0.559. The first-order valence-corrected chi connectivity index (χ1v) is 7.18. The lowest BCUT2D eigenvalue weighted by Gasteiger charge is -2.22. The van der Waals surface area contributed by atoms with Crippen LogP contribution in [0, 0.1) is 5.92 Å². The number of hydrogen-bond donors (Lipinski definition) is 1. The van der Waals surface area contributed by atoms with Crippen LogP contribution >= 0.6 is 23.8 Å². The van der Waals surface area contributed by atoms with Crippen LogP contribution in [-0.4, -0.2) is 11.6 Å². The molecule has 0 saturated heterocycles. The SMILES string of the molecule is NC(=S)c1c(Cl)cccc1OCC1CCCCC1. The van der Waals surface area contributed by atoms with Crippen molar-refractivity contribution in [3.63, 3.8) is 0 Å². The molecular formula is C14H18ClNOS. The van der Waals surface area contributed by atoms with Crippen molar-refractivity contribution < 1.29 is 4.74 Å². The molecule has 0 aliphatic heterocycles. The van der Waals surface area contributed by atoms with E-state index in [1.54, 1.807) is 6.07 Å². The van der Waals surface area contributed by atoms with Crippen LogP contribution in [0.1, 0.15) is 37.7 Å². The monoisotopic (exact) mass is 283 g/mol. The molecule has 0 heterocycles. The first-order chi connectivity index (χ1) is 8.68. The zero-order chi connectivity index (χ0) is 13.0. The summed E-state index contributed by atoms with van der Waals surface area (Å²) < 4.78 is 5.87. The summed E-state index contributed by atoms with van der Waals surface area (Å²) in [5.41, 5.74) is 6.35. The second-order valence-corrected chi connectivity index (χ2v) is 5.64.